The predicted octanol–water partition coefficient (Wildman–Crippen LogP) is 5.93. The van der Waals surface area contributed by atoms with Crippen LogP contribution in [0.4, 0.5) is 0 Å². The average Bonchev–Trinajstić information content (AvgIpc) is 3.13. The van der Waals surface area contributed by atoms with Crippen LogP contribution < -0.4 is 9.47 Å². The summed E-state index contributed by atoms with van der Waals surface area (Å²) >= 11 is 12.5. The molecule has 3 aromatic carbocycles. The molecule has 3 aromatic rings. The summed E-state index contributed by atoms with van der Waals surface area (Å²) < 4.78 is 16.6. The number of carbonyl (C=O) groups excluding carboxylic acids is 1. The smallest absolute Gasteiger partial charge is 0.363 e. The lowest BCUT2D eigenvalue weighted by molar-refractivity contribution is -0.129. The lowest BCUT2D eigenvalue weighted by Crippen LogP contribution is -2.05. The zero-order valence-corrected chi connectivity index (χ0v) is 18.0. The third kappa shape index (κ3) is 4.90. The van der Waals surface area contributed by atoms with Gasteiger partial charge in [-0.05, 0) is 53.6 Å². The van der Waals surface area contributed by atoms with E-state index in [0.717, 1.165) is 11.1 Å². The summed E-state index contributed by atoms with van der Waals surface area (Å²) in [6.45, 7) is 0.272. The second-order valence-corrected chi connectivity index (χ2v) is 7.50. The van der Waals surface area contributed by atoms with E-state index in [2.05, 4.69) is 4.99 Å². The van der Waals surface area contributed by atoms with Gasteiger partial charge in [-0.25, -0.2) is 9.79 Å². The maximum absolute atomic E-state index is 12.3. The molecule has 0 saturated heterocycles. The van der Waals surface area contributed by atoms with Crippen molar-refractivity contribution in [1.29, 1.82) is 0 Å². The van der Waals surface area contributed by atoms with Gasteiger partial charge in [0.1, 0.15) is 6.61 Å². The molecule has 0 unspecified atom stereocenters. The summed E-state index contributed by atoms with van der Waals surface area (Å²) in [5.74, 6) is 0.556. The second kappa shape index (κ2) is 9.25. The van der Waals surface area contributed by atoms with Gasteiger partial charge in [0, 0.05) is 10.6 Å². The first-order valence-corrected chi connectivity index (χ1v) is 10.1. The molecule has 1 aliphatic heterocycles. The zero-order valence-electron chi connectivity index (χ0n) is 16.5. The Morgan fingerprint density at radius 1 is 1.03 bits per heavy atom. The van der Waals surface area contributed by atoms with Gasteiger partial charge in [-0.1, -0.05) is 53.5 Å². The van der Waals surface area contributed by atoms with Gasteiger partial charge in [0.15, 0.2) is 17.2 Å². The van der Waals surface area contributed by atoms with Crippen molar-refractivity contribution < 1.29 is 19.0 Å². The third-order valence-electron chi connectivity index (χ3n) is 4.47. The van der Waals surface area contributed by atoms with E-state index in [1.807, 2.05) is 48.5 Å². The topological polar surface area (TPSA) is 57.1 Å². The number of hydrogen-bond donors (Lipinski definition) is 0. The molecule has 1 aliphatic rings. The molecule has 0 fully saturated rings. The lowest BCUT2D eigenvalue weighted by atomic mass is 10.1. The molecule has 0 bridgehead atoms. The number of benzene rings is 3. The molecule has 0 amide bonds. The van der Waals surface area contributed by atoms with Crippen molar-refractivity contribution in [3.05, 3.63) is 99.2 Å². The fourth-order valence-electron chi connectivity index (χ4n) is 3.02. The van der Waals surface area contributed by atoms with Gasteiger partial charge in [0.05, 0.1) is 12.1 Å². The maximum atomic E-state index is 12.3. The normalized spacial score (nSPS) is 14.4. The summed E-state index contributed by atoms with van der Waals surface area (Å²) in [5, 5.41) is 0.965. The Bertz CT molecular complexity index is 1190. The lowest BCUT2D eigenvalue weighted by Gasteiger charge is -2.13. The molecule has 0 N–H and O–H groups in total. The van der Waals surface area contributed by atoms with Crippen molar-refractivity contribution in [3.8, 4) is 11.5 Å². The number of rotatable bonds is 6. The summed E-state index contributed by atoms with van der Waals surface area (Å²) in [5.41, 5.74) is 2.42. The number of cyclic esters (lactones) is 1. The monoisotopic (exact) mass is 453 g/mol. The van der Waals surface area contributed by atoms with Gasteiger partial charge in [0.2, 0.25) is 5.90 Å². The van der Waals surface area contributed by atoms with Crippen LogP contribution in [0.1, 0.15) is 16.7 Å². The molecule has 0 aliphatic carbocycles. The summed E-state index contributed by atoms with van der Waals surface area (Å²) in [6, 6.07) is 20.0. The van der Waals surface area contributed by atoms with Crippen LogP contribution in [-0.4, -0.2) is 19.0 Å². The van der Waals surface area contributed by atoms with Crippen LogP contribution in [-0.2, 0) is 16.1 Å². The fourth-order valence-corrected chi connectivity index (χ4v) is 3.50. The zero-order chi connectivity index (χ0) is 21.8. The van der Waals surface area contributed by atoms with Crippen molar-refractivity contribution in [2.45, 2.75) is 6.61 Å². The third-order valence-corrected chi connectivity index (χ3v) is 4.98. The molecule has 0 spiro atoms. The summed E-state index contributed by atoms with van der Waals surface area (Å²) in [4.78, 5) is 16.6. The first-order valence-electron chi connectivity index (χ1n) is 9.36. The Hall–Kier alpha value is -3.28. The highest BCUT2D eigenvalue weighted by Crippen LogP contribution is 2.38. The van der Waals surface area contributed by atoms with Crippen LogP contribution in [0.3, 0.4) is 0 Å². The van der Waals surface area contributed by atoms with Gasteiger partial charge < -0.3 is 14.2 Å². The highest BCUT2D eigenvalue weighted by Gasteiger charge is 2.24. The number of carbonyl (C=O) groups is 1. The number of halogens is 2. The van der Waals surface area contributed by atoms with Crippen molar-refractivity contribution in [2.24, 2.45) is 4.99 Å². The van der Waals surface area contributed by atoms with Crippen molar-refractivity contribution >= 4 is 41.1 Å². The van der Waals surface area contributed by atoms with Crippen LogP contribution in [0.15, 0.2) is 77.4 Å². The minimum absolute atomic E-state index is 0.171. The number of esters is 1. The molecule has 156 valence electrons. The molecule has 7 heteroatoms. The standard InChI is InChI=1S/C24H17Cl2NO4/c1-29-21-13-16(11-19(26)22(21)30-14-15-6-5-9-18(25)10-15)12-20-24(28)31-23(27-20)17-7-3-2-4-8-17/h2-13H,14H2,1H3/b20-12-. The van der Waals surface area contributed by atoms with Gasteiger partial charge in [-0.2, -0.15) is 0 Å². The molecule has 0 aromatic heterocycles. The van der Waals surface area contributed by atoms with E-state index >= 15 is 0 Å². The van der Waals surface area contributed by atoms with E-state index in [1.165, 1.54) is 7.11 Å². The Balaban J connectivity index is 1.59. The second-order valence-electron chi connectivity index (χ2n) is 6.65. The molecular weight excluding hydrogens is 437 g/mol. The molecule has 31 heavy (non-hydrogen) atoms. The van der Waals surface area contributed by atoms with Crippen molar-refractivity contribution in [2.75, 3.05) is 7.11 Å². The van der Waals surface area contributed by atoms with Gasteiger partial charge in [-0.15, -0.1) is 0 Å². The average molecular weight is 454 g/mol. The Labute approximate surface area is 189 Å². The fraction of sp³-hybridized carbons (Fsp3) is 0.0833. The van der Waals surface area contributed by atoms with Crippen LogP contribution in [0.5, 0.6) is 11.5 Å². The summed E-state index contributed by atoms with van der Waals surface area (Å²) in [7, 11) is 1.52. The number of aliphatic imine (C=N–C) groups is 1. The number of methoxy groups -OCH3 is 1. The molecule has 4 rings (SSSR count). The number of hydrogen-bond acceptors (Lipinski definition) is 5. The molecule has 0 radical (unpaired) electrons. The molecule has 0 saturated carbocycles. The van der Waals surface area contributed by atoms with E-state index in [9.17, 15) is 4.79 Å². The predicted molar refractivity (Wildman–Crippen MR) is 121 cm³/mol. The Morgan fingerprint density at radius 3 is 2.58 bits per heavy atom. The van der Waals surface area contributed by atoms with E-state index in [4.69, 9.17) is 37.4 Å². The molecular formula is C24H17Cl2NO4. The molecule has 0 atom stereocenters. The van der Waals surface area contributed by atoms with Crippen LogP contribution >= 0.6 is 23.2 Å². The summed E-state index contributed by atoms with van der Waals surface area (Å²) in [6.07, 6.45) is 1.59. The van der Waals surface area contributed by atoms with Crippen molar-refractivity contribution in [1.82, 2.24) is 0 Å². The van der Waals surface area contributed by atoms with Crippen LogP contribution in [0.2, 0.25) is 10.0 Å². The largest absolute Gasteiger partial charge is 0.493 e. The first-order chi connectivity index (χ1) is 15.0. The SMILES string of the molecule is COc1cc(/C=C2\N=C(c3ccccc3)OC2=O)cc(Cl)c1OCc1cccc(Cl)c1. The Morgan fingerprint density at radius 2 is 1.84 bits per heavy atom. The highest BCUT2D eigenvalue weighted by molar-refractivity contribution is 6.32. The molecule has 5 nitrogen and oxygen atoms in total. The maximum Gasteiger partial charge on any atom is 0.363 e. The Kier molecular flexibility index (Phi) is 6.26. The highest BCUT2D eigenvalue weighted by atomic mass is 35.5. The van der Waals surface area contributed by atoms with Gasteiger partial charge in [-0.3, -0.25) is 0 Å². The van der Waals surface area contributed by atoms with Crippen LogP contribution in [0.25, 0.3) is 6.08 Å². The first kappa shape index (κ1) is 21.0. The van der Waals surface area contributed by atoms with E-state index < -0.39 is 5.97 Å². The minimum Gasteiger partial charge on any atom is -0.493 e. The van der Waals surface area contributed by atoms with E-state index in [-0.39, 0.29) is 18.2 Å². The molecule has 1 heterocycles. The van der Waals surface area contributed by atoms with Crippen LogP contribution in [0, 0.1) is 0 Å². The number of ether oxygens (including phenoxy) is 3. The van der Waals surface area contributed by atoms with E-state index in [0.29, 0.717) is 27.1 Å². The number of nitrogens with zero attached hydrogens (tertiary/aromatic N) is 1. The quantitative estimate of drug-likeness (QED) is 0.343. The van der Waals surface area contributed by atoms with Gasteiger partial charge in [0.25, 0.3) is 0 Å². The minimum atomic E-state index is -0.532. The van der Waals surface area contributed by atoms with Gasteiger partial charge >= 0.3 is 5.97 Å². The van der Waals surface area contributed by atoms with E-state index in [1.54, 1.807) is 24.3 Å². The van der Waals surface area contributed by atoms with Crippen molar-refractivity contribution in [3.63, 3.8) is 0 Å².